The van der Waals surface area contributed by atoms with Crippen LogP contribution in [0.5, 0.6) is 0 Å². The third kappa shape index (κ3) is 3.88. The monoisotopic (exact) mass is 261 g/mol. The van der Waals surface area contributed by atoms with E-state index in [1.165, 1.54) is 54.0 Å². The maximum atomic E-state index is 4.83. The minimum Gasteiger partial charge on any atom is -0.289 e. The summed E-state index contributed by atoms with van der Waals surface area (Å²) in [5, 5.41) is 0. The smallest absolute Gasteiger partial charge is 0.0440 e. The lowest BCUT2D eigenvalue weighted by atomic mass is 10.1. The third-order valence-electron chi connectivity index (χ3n) is 3.36. The van der Waals surface area contributed by atoms with Crippen molar-refractivity contribution in [2.45, 2.75) is 50.3 Å². The molecule has 0 saturated carbocycles. The van der Waals surface area contributed by atoms with E-state index in [4.69, 9.17) is 4.99 Å². The zero-order valence-electron chi connectivity index (χ0n) is 11.3. The molecule has 0 aromatic heterocycles. The van der Waals surface area contributed by atoms with Crippen LogP contribution >= 0.6 is 11.8 Å². The van der Waals surface area contributed by atoms with Crippen molar-refractivity contribution < 1.29 is 0 Å². The van der Waals surface area contributed by atoms with E-state index in [1.807, 2.05) is 11.8 Å². The highest BCUT2D eigenvalue weighted by molar-refractivity contribution is 7.99. The van der Waals surface area contributed by atoms with Crippen LogP contribution in [-0.2, 0) is 0 Å². The second-order valence-corrected chi connectivity index (χ2v) is 5.97. The van der Waals surface area contributed by atoms with Gasteiger partial charge < -0.3 is 0 Å². The van der Waals surface area contributed by atoms with Crippen LogP contribution in [0.1, 0.15) is 51.0 Å². The Morgan fingerprint density at radius 1 is 1.11 bits per heavy atom. The summed E-state index contributed by atoms with van der Waals surface area (Å²) in [6.45, 7) is 3.27. The van der Waals surface area contributed by atoms with Gasteiger partial charge in [-0.05, 0) is 18.9 Å². The molecule has 0 atom stereocenters. The Labute approximate surface area is 115 Å². The van der Waals surface area contributed by atoms with Gasteiger partial charge in [-0.2, -0.15) is 0 Å². The van der Waals surface area contributed by atoms with E-state index in [1.54, 1.807) is 0 Å². The van der Waals surface area contributed by atoms with Crippen molar-refractivity contribution in [1.29, 1.82) is 0 Å². The van der Waals surface area contributed by atoms with Crippen LogP contribution in [0.25, 0.3) is 0 Å². The van der Waals surface area contributed by atoms with E-state index in [9.17, 15) is 0 Å². The molecule has 1 nitrogen and oxygen atoms in total. The molecule has 0 amide bonds. The average Bonchev–Trinajstić information content (AvgIpc) is 2.43. The van der Waals surface area contributed by atoms with Crippen LogP contribution in [0.4, 0.5) is 0 Å². The van der Waals surface area contributed by atoms with Crippen LogP contribution in [0.15, 0.2) is 34.2 Å². The number of aliphatic imine (C=N–C) groups is 1. The van der Waals surface area contributed by atoms with Crippen molar-refractivity contribution in [3.8, 4) is 0 Å². The van der Waals surface area contributed by atoms with Crippen LogP contribution in [0.3, 0.4) is 0 Å². The normalized spacial score (nSPS) is 16.8. The zero-order chi connectivity index (χ0) is 12.6. The number of nitrogens with zero attached hydrogens (tertiary/aromatic N) is 1. The Morgan fingerprint density at radius 2 is 1.94 bits per heavy atom. The Kier molecular flexibility index (Phi) is 5.79. The van der Waals surface area contributed by atoms with E-state index >= 15 is 0 Å². The standard InChI is InChI=1S/C16H23NS/c1-2-3-4-5-8-12-17-15-11-13-18-16-10-7-6-9-14(15)16/h6-7,9-10H,2-5,8,11-13H2,1H3. The fraction of sp³-hybridized carbons (Fsp3) is 0.562. The molecule has 0 aliphatic carbocycles. The zero-order valence-corrected chi connectivity index (χ0v) is 12.1. The first kappa shape index (κ1) is 13.7. The molecule has 18 heavy (non-hydrogen) atoms. The van der Waals surface area contributed by atoms with Gasteiger partial charge in [0.15, 0.2) is 0 Å². The molecule has 0 fully saturated rings. The number of unbranched alkanes of at least 4 members (excludes halogenated alkanes) is 4. The van der Waals surface area contributed by atoms with Gasteiger partial charge in [-0.3, -0.25) is 4.99 Å². The molecule has 2 rings (SSSR count). The fourth-order valence-corrected chi connectivity index (χ4v) is 3.35. The number of hydrogen-bond donors (Lipinski definition) is 0. The van der Waals surface area contributed by atoms with Gasteiger partial charge in [0, 0.05) is 28.5 Å². The lowest BCUT2D eigenvalue weighted by Gasteiger charge is -2.17. The highest BCUT2D eigenvalue weighted by Crippen LogP contribution is 2.29. The molecule has 0 spiro atoms. The van der Waals surface area contributed by atoms with Gasteiger partial charge >= 0.3 is 0 Å². The summed E-state index contributed by atoms with van der Waals surface area (Å²) in [5.74, 6) is 1.19. The first-order chi connectivity index (χ1) is 8.92. The van der Waals surface area contributed by atoms with Gasteiger partial charge in [-0.25, -0.2) is 0 Å². The Bertz CT molecular complexity index is 398. The Morgan fingerprint density at radius 3 is 2.83 bits per heavy atom. The summed E-state index contributed by atoms with van der Waals surface area (Å²) in [6.07, 6.45) is 7.78. The van der Waals surface area contributed by atoms with Crippen LogP contribution < -0.4 is 0 Å². The van der Waals surface area contributed by atoms with Crippen molar-refractivity contribution in [1.82, 2.24) is 0 Å². The maximum Gasteiger partial charge on any atom is 0.0440 e. The quantitative estimate of drug-likeness (QED) is 0.661. The van der Waals surface area contributed by atoms with Crippen molar-refractivity contribution >= 4 is 17.5 Å². The summed E-state index contributed by atoms with van der Waals surface area (Å²) in [5.41, 5.74) is 2.71. The van der Waals surface area contributed by atoms with E-state index in [0.29, 0.717) is 0 Å². The van der Waals surface area contributed by atoms with Gasteiger partial charge in [0.1, 0.15) is 0 Å². The molecule has 0 saturated heterocycles. The molecular weight excluding hydrogens is 238 g/mol. The minimum absolute atomic E-state index is 1.01. The SMILES string of the molecule is CCCCCCCN=C1CCSc2ccccc21. The molecule has 0 N–H and O–H groups in total. The Balaban J connectivity index is 1.86. The number of benzene rings is 1. The summed E-state index contributed by atoms with van der Waals surface area (Å²) >= 11 is 1.96. The van der Waals surface area contributed by atoms with Gasteiger partial charge in [-0.1, -0.05) is 50.8 Å². The van der Waals surface area contributed by atoms with Crippen molar-refractivity contribution in [2.75, 3.05) is 12.3 Å². The number of hydrogen-bond acceptors (Lipinski definition) is 2. The molecule has 98 valence electrons. The van der Waals surface area contributed by atoms with Gasteiger partial charge in [-0.15, -0.1) is 11.8 Å². The first-order valence-corrected chi connectivity index (χ1v) is 8.16. The van der Waals surface area contributed by atoms with Gasteiger partial charge in [0.05, 0.1) is 0 Å². The molecule has 1 aliphatic heterocycles. The molecule has 0 bridgehead atoms. The molecule has 1 heterocycles. The highest BCUT2D eigenvalue weighted by Gasteiger charge is 2.14. The largest absolute Gasteiger partial charge is 0.289 e. The molecule has 1 aromatic carbocycles. The summed E-state index contributed by atoms with van der Waals surface area (Å²) in [7, 11) is 0. The van der Waals surface area contributed by atoms with Crippen molar-refractivity contribution in [3.05, 3.63) is 29.8 Å². The molecule has 0 unspecified atom stereocenters. The lowest BCUT2D eigenvalue weighted by Crippen LogP contribution is -2.10. The fourth-order valence-electron chi connectivity index (χ4n) is 2.32. The predicted octanol–water partition coefficient (Wildman–Crippen LogP) is 4.94. The molecular formula is C16H23NS. The number of thioether (sulfide) groups is 1. The summed E-state index contributed by atoms with van der Waals surface area (Å²) < 4.78 is 0. The molecule has 1 aliphatic rings. The van der Waals surface area contributed by atoms with E-state index < -0.39 is 0 Å². The molecule has 0 radical (unpaired) electrons. The summed E-state index contributed by atoms with van der Waals surface area (Å²) in [6, 6.07) is 8.69. The highest BCUT2D eigenvalue weighted by atomic mass is 32.2. The van der Waals surface area contributed by atoms with Gasteiger partial charge in [0.2, 0.25) is 0 Å². The third-order valence-corrected chi connectivity index (χ3v) is 4.43. The van der Waals surface area contributed by atoms with E-state index in [0.717, 1.165) is 13.0 Å². The second kappa shape index (κ2) is 7.63. The molecule has 2 heteroatoms. The maximum absolute atomic E-state index is 4.83. The molecule has 1 aromatic rings. The van der Waals surface area contributed by atoms with Crippen LogP contribution in [0.2, 0.25) is 0 Å². The minimum atomic E-state index is 1.01. The van der Waals surface area contributed by atoms with Crippen molar-refractivity contribution in [3.63, 3.8) is 0 Å². The number of fused-ring (bicyclic) bond motifs is 1. The van der Waals surface area contributed by atoms with Crippen LogP contribution in [0, 0.1) is 0 Å². The topological polar surface area (TPSA) is 12.4 Å². The summed E-state index contributed by atoms with van der Waals surface area (Å²) in [4.78, 5) is 6.24. The Hall–Kier alpha value is -0.760. The average molecular weight is 261 g/mol. The van der Waals surface area contributed by atoms with Crippen molar-refractivity contribution in [2.24, 2.45) is 4.99 Å². The van der Waals surface area contributed by atoms with E-state index in [-0.39, 0.29) is 0 Å². The second-order valence-electron chi connectivity index (χ2n) is 4.84. The number of rotatable bonds is 6. The predicted molar refractivity (Wildman–Crippen MR) is 81.9 cm³/mol. The van der Waals surface area contributed by atoms with Gasteiger partial charge in [0.25, 0.3) is 0 Å². The van der Waals surface area contributed by atoms with E-state index in [2.05, 4.69) is 31.2 Å². The van der Waals surface area contributed by atoms with Crippen LogP contribution in [-0.4, -0.2) is 18.0 Å². The first-order valence-electron chi connectivity index (χ1n) is 7.17. The lowest BCUT2D eigenvalue weighted by molar-refractivity contribution is 0.638.